The second-order valence-corrected chi connectivity index (χ2v) is 5.86. The van der Waals surface area contributed by atoms with Gasteiger partial charge in [0, 0.05) is 19.1 Å². The Kier molecular flexibility index (Phi) is 9.06. The first-order valence-corrected chi connectivity index (χ1v) is 8.62. The van der Waals surface area contributed by atoms with E-state index in [1.54, 1.807) is 13.0 Å². The molecule has 1 saturated carbocycles. The lowest BCUT2D eigenvalue weighted by Crippen LogP contribution is -2.29. The van der Waals surface area contributed by atoms with E-state index in [1.807, 2.05) is 0 Å². The van der Waals surface area contributed by atoms with Gasteiger partial charge in [0.05, 0.1) is 31.8 Å². The average molecular weight is 381 g/mol. The van der Waals surface area contributed by atoms with Gasteiger partial charge in [0.25, 0.3) is 0 Å². The molecule has 1 aliphatic rings. The molecule has 1 fully saturated rings. The van der Waals surface area contributed by atoms with Gasteiger partial charge in [-0.25, -0.2) is 9.18 Å². The summed E-state index contributed by atoms with van der Waals surface area (Å²) >= 11 is 0. The SMILES string of the molecule is CC#N.CCOC(=O)C1CCC(Oc2cc(C(=O)O)c(OC)cc2F)CC1. The molecule has 27 heavy (non-hydrogen) atoms. The van der Waals surface area contributed by atoms with Gasteiger partial charge in [0.1, 0.15) is 11.3 Å². The van der Waals surface area contributed by atoms with Crippen LogP contribution in [0.15, 0.2) is 12.1 Å². The predicted octanol–water partition coefficient (Wildman–Crippen LogP) is 3.56. The Morgan fingerprint density at radius 1 is 1.26 bits per heavy atom. The number of halogens is 1. The lowest BCUT2D eigenvalue weighted by atomic mass is 9.87. The fraction of sp³-hybridized carbons (Fsp3) is 0.526. The van der Waals surface area contributed by atoms with E-state index in [1.165, 1.54) is 14.0 Å². The molecule has 0 aromatic heterocycles. The second-order valence-electron chi connectivity index (χ2n) is 5.86. The predicted molar refractivity (Wildman–Crippen MR) is 94.2 cm³/mol. The molecule has 7 nitrogen and oxygen atoms in total. The summed E-state index contributed by atoms with van der Waals surface area (Å²) in [5, 5.41) is 16.5. The number of ether oxygens (including phenoxy) is 3. The van der Waals surface area contributed by atoms with Crippen molar-refractivity contribution in [1.82, 2.24) is 0 Å². The van der Waals surface area contributed by atoms with Gasteiger partial charge in [-0.1, -0.05) is 0 Å². The van der Waals surface area contributed by atoms with Crippen LogP contribution in [-0.4, -0.2) is 36.9 Å². The Labute approximate surface area is 157 Å². The van der Waals surface area contributed by atoms with E-state index < -0.39 is 11.8 Å². The number of aromatic carboxylic acids is 1. The monoisotopic (exact) mass is 381 g/mol. The number of hydrogen-bond acceptors (Lipinski definition) is 6. The van der Waals surface area contributed by atoms with Crippen LogP contribution in [0.2, 0.25) is 0 Å². The van der Waals surface area contributed by atoms with E-state index in [2.05, 4.69) is 0 Å². The summed E-state index contributed by atoms with van der Waals surface area (Å²) in [7, 11) is 1.28. The van der Waals surface area contributed by atoms with Crippen LogP contribution >= 0.6 is 0 Å². The minimum atomic E-state index is -1.22. The fourth-order valence-electron chi connectivity index (χ4n) is 2.82. The van der Waals surface area contributed by atoms with Gasteiger partial charge in [-0.15, -0.1) is 0 Å². The first kappa shape index (κ1) is 22.2. The quantitative estimate of drug-likeness (QED) is 0.751. The van der Waals surface area contributed by atoms with Crippen molar-refractivity contribution in [2.75, 3.05) is 13.7 Å². The minimum Gasteiger partial charge on any atom is -0.496 e. The van der Waals surface area contributed by atoms with Gasteiger partial charge < -0.3 is 19.3 Å². The number of hydrogen-bond donors (Lipinski definition) is 1. The summed E-state index contributed by atoms with van der Waals surface area (Å²) < 4.78 is 29.6. The lowest BCUT2D eigenvalue weighted by molar-refractivity contribution is -0.149. The molecule has 2 rings (SSSR count). The summed E-state index contributed by atoms with van der Waals surface area (Å²) in [6, 6.07) is 3.89. The van der Waals surface area contributed by atoms with Crippen LogP contribution in [0.3, 0.4) is 0 Å². The number of rotatable bonds is 6. The molecule has 148 valence electrons. The molecular formula is C19H24FNO6. The molecule has 8 heteroatoms. The van der Waals surface area contributed by atoms with Crippen molar-refractivity contribution in [3.63, 3.8) is 0 Å². The highest BCUT2D eigenvalue weighted by molar-refractivity contribution is 5.91. The lowest BCUT2D eigenvalue weighted by Gasteiger charge is -2.28. The highest BCUT2D eigenvalue weighted by Gasteiger charge is 2.29. The third kappa shape index (κ3) is 6.44. The topological polar surface area (TPSA) is 106 Å². The van der Waals surface area contributed by atoms with Crippen molar-refractivity contribution in [2.45, 2.75) is 45.6 Å². The smallest absolute Gasteiger partial charge is 0.339 e. The maximum absolute atomic E-state index is 14.1. The number of carbonyl (C=O) groups excluding carboxylic acids is 1. The Morgan fingerprint density at radius 3 is 2.33 bits per heavy atom. The van der Waals surface area contributed by atoms with Crippen molar-refractivity contribution in [3.05, 3.63) is 23.5 Å². The number of carboxylic acids is 1. The number of esters is 1. The maximum Gasteiger partial charge on any atom is 0.339 e. The zero-order valence-corrected chi connectivity index (χ0v) is 15.7. The number of nitriles is 1. The fourth-order valence-corrected chi connectivity index (χ4v) is 2.82. The van der Waals surface area contributed by atoms with Crippen LogP contribution in [0.4, 0.5) is 4.39 Å². The Bertz CT molecular complexity index is 692. The maximum atomic E-state index is 14.1. The second kappa shape index (κ2) is 11.0. The molecule has 0 amide bonds. The van der Waals surface area contributed by atoms with Crippen LogP contribution in [-0.2, 0) is 9.53 Å². The van der Waals surface area contributed by atoms with E-state index in [0.717, 1.165) is 12.1 Å². The van der Waals surface area contributed by atoms with Crippen molar-refractivity contribution in [3.8, 4) is 17.6 Å². The standard InChI is InChI=1S/C17H21FO6.C2H3N/c1-3-23-17(21)10-4-6-11(7-5-10)24-15-8-12(16(19)20)14(22-2)9-13(15)18;1-2-3/h8-11H,3-7H2,1-2H3,(H,19,20);1H3. The summed E-state index contributed by atoms with van der Waals surface area (Å²) in [4.78, 5) is 22.9. The largest absolute Gasteiger partial charge is 0.496 e. The summed E-state index contributed by atoms with van der Waals surface area (Å²) in [6.07, 6.45) is 2.11. The highest BCUT2D eigenvalue weighted by atomic mass is 19.1. The van der Waals surface area contributed by atoms with Gasteiger partial charge in [0.2, 0.25) is 0 Å². The third-order valence-corrected chi connectivity index (χ3v) is 4.07. The molecule has 0 spiro atoms. The molecule has 0 heterocycles. The molecule has 0 unspecified atom stereocenters. The third-order valence-electron chi connectivity index (χ3n) is 4.07. The first-order chi connectivity index (χ1) is 12.9. The zero-order valence-electron chi connectivity index (χ0n) is 15.7. The molecular weight excluding hydrogens is 357 g/mol. The van der Waals surface area contributed by atoms with Gasteiger partial charge >= 0.3 is 11.9 Å². The molecule has 1 aromatic carbocycles. The minimum absolute atomic E-state index is 0.0571. The van der Waals surface area contributed by atoms with Gasteiger partial charge in [0.15, 0.2) is 11.6 Å². The Balaban J connectivity index is 0.00000114. The van der Waals surface area contributed by atoms with E-state index in [4.69, 9.17) is 24.6 Å². The molecule has 0 radical (unpaired) electrons. The zero-order chi connectivity index (χ0) is 20.4. The van der Waals surface area contributed by atoms with Crippen molar-refractivity contribution < 1.29 is 33.3 Å². The Morgan fingerprint density at radius 2 is 1.85 bits per heavy atom. The molecule has 1 aromatic rings. The normalized spacial score (nSPS) is 18.3. The highest BCUT2D eigenvalue weighted by Crippen LogP contribution is 2.32. The van der Waals surface area contributed by atoms with Gasteiger partial charge in [-0.05, 0) is 32.6 Å². The van der Waals surface area contributed by atoms with Gasteiger partial charge in [-0.2, -0.15) is 5.26 Å². The molecule has 1 N–H and O–H groups in total. The van der Waals surface area contributed by atoms with E-state index in [9.17, 15) is 14.0 Å². The number of carbonyl (C=O) groups is 2. The summed E-state index contributed by atoms with van der Waals surface area (Å²) in [5.41, 5.74) is -0.158. The number of benzene rings is 1. The van der Waals surface area contributed by atoms with Crippen LogP contribution in [0, 0.1) is 23.1 Å². The van der Waals surface area contributed by atoms with E-state index in [0.29, 0.717) is 32.3 Å². The molecule has 0 aliphatic heterocycles. The summed E-state index contributed by atoms with van der Waals surface area (Å²) in [5.74, 6) is -2.43. The van der Waals surface area contributed by atoms with E-state index in [-0.39, 0.29) is 35.1 Å². The first-order valence-electron chi connectivity index (χ1n) is 8.62. The Hall–Kier alpha value is -2.82. The average Bonchev–Trinajstić information content (AvgIpc) is 2.64. The molecule has 0 atom stereocenters. The van der Waals surface area contributed by atoms with Crippen molar-refractivity contribution >= 4 is 11.9 Å². The van der Waals surface area contributed by atoms with Crippen LogP contribution < -0.4 is 9.47 Å². The summed E-state index contributed by atoms with van der Waals surface area (Å²) in [6.45, 7) is 3.55. The van der Waals surface area contributed by atoms with Crippen LogP contribution in [0.1, 0.15) is 49.9 Å². The van der Waals surface area contributed by atoms with Crippen LogP contribution in [0.25, 0.3) is 0 Å². The molecule has 0 saturated heterocycles. The number of nitrogens with zero attached hydrogens (tertiary/aromatic N) is 1. The number of methoxy groups -OCH3 is 1. The van der Waals surface area contributed by atoms with Gasteiger partial charge in [-0.3, -0.25) is 4.79 Å². The van der Waals surface area contributed by atoms with Crippen molar-refractivity contribution in [1.29, 1.82) is 5.26 Å². The molecule has 1 aliphatic carbocycles. The van der Waals surface area contributed by atoms with E-state index >= 15 is 0 Å². The molecule has 0 bridgehead atoms. The number of carboxylic acid groups (broad SMARTS) is 1. The van der Waals surface area contributed by atoms with Crippen molar-refractivity contribution in [2.24, 2.45) is 5.92 Å². The van der Waals surface area contributed by atoms with Crippen LogP contribution in [0.5, 0.6) is 11.5 Å².